The van der Waals surface area contributed by atoms with E-state index in [1.807, 2.05) is 0 Å². The summed E-state index contributed by atoms with van der Waals surface area (Å²) in [5.41, 5.74) is 1.14. The zero-order valence-corrected chi connectivity index (χ0v) is 17.4. The van der Waals surface area contributed by atoms with Crippen LogP contribution in [0.5, 0.6) is 0 Å². The number of rotatable bonds is 7. The molecule has 31 heavy (non-hydrogen) atoms. The van der Waals surface area contributed by atoms with Gasteiger partial charge in [0.15, 0.2) is 0 Å². The average Bonchev–Trinajstić information content (AvgIpc) is 3.41. The molecule has 8 heteroatoms. The molecule has 4 rings (SSSR count). The van der Waals surface area contributed by atoms with Crippen molar-refractivity contribution in [1.82, 2.24) is 5.32 Å². The van der Waals surface area contributed by atoms with Crippen molar-refractivity contribution in [1.29, 1.82) is 0 Å². The molecule has 0 aliphatic heterocycles. The normalized spacial score (nSPS) is 10.9. The van der Waals surface area contributed by atoms with Gasteiger partial charge in [0, 0.05) is 22.8 Å². The van der Waals surface area contributed by atoms with Gasteiger partial charge >= 0.3 is 0 Å². The fourth-order valence-corrected chi connectivity index (χ4v) is 4.39. The topological polar surface area (TPSA) is 80.6 Å². The number of furan rings is 1. The summed E-state index contributed by atoms with van der Waals surface area (Å²) in [5.74, 6) is -0.574. The molecule has 158 valence electrons. The van der Waals surface area contributed by atoms with E-state index in [1.165, 1.54) is 30.8 Å². The minimum Gasteiger partial charge on any atom is -0.467 e. The molecule has 0 saturated heterocycles. The summed E-state index contributed by atoms with van der Waals surface area (Å²) in [6.45, 7) is 0.316. The first-order valence-corrected chi connectivity index (χ1v) is 10.3. The predicted molar refractivity (Wildman–Crippen MR) is 117 cm³/mol. The molecule has 0 atom stereocenters. The first kappa shape index (κ1) is 20.8. The van der Waals surface area contributed by atoms with Crippen LogP contribution >= 0.6 is 11.3 Å². The van der Waals surface area contributed by atoms with Gasteiger partial charge in [0.2, 0.25) is 0 Å². The number of amides is 2. The lowest BCUT2D eigenvalue weighted by molar-refractivity contribution is 0.0949. The molecule has 0 spiro atoms. The third kappa shape index (κ3) is 4.35. The van der Waals surface area contributed by atoms with Gasteiger partial charge < -0.3 is 19.8 Å². The van der Waals surface area contributed by atoms with Crippen LogP contribution in [0.2, 0.25) is 0 Å². The maximum Gasteiger partial charge on any atom is 0.266 e. The number of methoxy groups -OCH3 is 1. The highest BCUT2D eigenvalue weighted by molar-refractivity contribution is 7.21. The van der Waals surface area contributed by atoms with E-state index < -0.39 is 11.7 Å². The summed E-state index contributed by atoms with van der Waals surface area (Å²) in [4.78, 5) is 26.1. The molecule has 0 bridgehead atoms. The standard InChI is InChI=1S/C23H19FN2O4S/c1-29-13-16-20-17(24)8-4-10-19(20)31-21(16)23(28)26-18-9-3-2-7-15(18)22(27)25-12-14-6-5-11-30-14/h2-11H,12-13H2,1H3,(H,25,27)(H,26,28). The molecule has 0 unspecified atom stereocenters. The Morgan fingerprint density at radius 1 is 1.06 bits per heavy atom. The largest absolute Gasteiger partial charge is 0.467 e. The minimum absolute atomic E-state index is 0.0922. The van der Waals surface area contributed by atoms with E-state index >= 15 is 0 Å². The maximum absolute atomic E-state index is 14.4. The molecule has 0 radical (unpaired) electrons. The molecule has 2 amide bonds. The molecule has 2 N–H and O–H groups in total. The first-order chi connectivity index (χ1) is 15.1. The molecule has 0 fully saturated rings. The van der Waals surface area contributed by atoms with E-state index in [0.29, 0.717) is 37.5 Å². The molecule has 6 nitrogen and oxygen atoms in total. The monoisotopic (exact) mass is 438 g/mol. The van der Waals surface area contributed by atoms with Crippen molar-refractivity contribution in [3.8, 4) is 0 Å². The number of benzene rings is 2. The summed E-state index contributed by atoms with van der Waals surface area (Å²) < 4.78 is 25.5. The number of halogens is 1. The van der Waals surface area contributed by atoms with Crippen molar-refractivity contribution >= 4 is 38.9 Å². The third-order valence-electron chi connectivity index (χ3n) is 4.68. The van der Waals surface area contributed by atoms with Gasteiger partial charge in [-0.05, 0) is 36.4 Å². The first-order valence-electron chi connectivity index (χ1n) is 9.48. The van der Waals surface area contributed by atoms with Crippen LogP contribution in [-0.4, -0.2) is 18.9 Å². The number of nitrogens with one attached hydrogen (secondary N) is 2. The van der Waals surface area contributed by atoms with E-state index in [1.54, 1.807) is 48.5 Å². The zero-order chi connectivity index (χ0) is 21.8. The maximum atomic E-state index is 14.4. The second kappa shape index (κ2) is 9.11. The second-order valence-corrected chi connectivity index (χ2v) is 7.77. The van der Waals surface area contributed by atoms with Crippen LogP contribution < -0.4 is 10.6 Å². The highest BCUT2D eigenvalue weighted by Gasteiger charge is 2.22. The smallest absolute Gasteiger partial charge is 0.266 e. The number of thiophene rings is 1. The SMILES string of the molecule is COCc1c(C(=O)Nc2ccccc2C(=O)NCc2ccco2)sc2cccc(F)c12. The molecule has 0 aliphatic carbocycles. The molecule has 0 aliphatic rings. The molecular weight excluding hydrogens is 419 g/mol. The highest BCUT2D eigenvalue weighted by Crippen LogP contribution is 2.34. The summed E-state index contributed by atoms with van der Waals surface area (Å²) in [6.07, 6.45) is 1.53. The fourth-order valence-electron chi connectivity index (χ4n) is 3.28. The lowest BCUT2D eigenvalue weighted by Gasteiger charge is -2.11. The number of carbonyl (C=O) groups is 2. The minimum atomic E-state index is -0.432. The van der Waals surface area contributed by atoms with Crippen molar-refractivity contribution in [3.63, 3.8) is 0 Å². The molecule has 0 saturated carbocycles. The molecule has 2 aromatic heterocycles. The Kier molecular flexibility index (Phi) is 6.11. The Morgan fingerprint density at radius 2 is 1.90 bits per heavy atom. The number of hydrogen-bond donors (Lipinski definition) is 2. The van der Waals surface area contributed by atoms with E-state index in [9.17, 15) is 14.0 Å². The van der Waals surface area contributed by atoms with Gasteiger partial charge in [-0.1, -0.05) is 18.2 Å². The Bertz CT molecular complexity index is 1230. The number of fused-ring (bicyclic) bond motifs is 1. The number of ether oxygens (including phenoxy) is 1. The molecule has 2 aromatic carbocycles. The van der Waals surface area contributed by atoms with Gasteiger partial charge in [0.05, 0.1) is 35.5 Å². The summed E-state index contributed by atoms with van der Waals surface area (Å²) >= 11 is 1.18. The summed E-state index contributed by atoms with van der Waals surface area (Å²) in [5, 5.41) is 5.93. The summed E-state index contributed by atoms with van der Waals surface area (Å²) in [6, 6.07) is 14.9. The lowest BCUT2D eigenvalue weighted by atomic mass is 10.1. The van der Waals surface area contributed by atoms with E-state index in [2.05, 4.69) is 10.6 Å². The van der Waals surface area contributed by atoms with Gasteiger partial charge in [0.1, 0.15) is 11.6 Å². The summed E-state index contributed by atoms with van der Waals surface area (Å²) in [7, 11) is 1.49. The zero-order valence-electron chi connectivity index (χ0n) is 16.6. The van der Waals surface area contributed by atoms with Crippen LogP contribution in [0.3, 0.4) is 0 Å². The quantitative estimate of drug-likeness (QED) is 0.427. The predicted octanol–water partition coefficient (Wildman–Crippen LogP) is 4.96. The fraction of sp³-hybridized carbons (Fsp3) is 0.130. The van der Waals surface area contributed by atoms with Crippen LogP contribution in [0.1, 0.15) is 31.4 Å². The van der Waals surface area contributed by atoms with Crippen LogP contribution in [0.15, 0.2) is 65.3 Å². The molecule has 2 heterocycles. The van der Waals surface area contributed by atoms with Crippen LogP contribution in [0, 0.1) is 5.82 Å². The number of hydrogen-bond acceptors (Lipinski definition) is 5. The highest BCUT2D eigenvalue weighted by atomic mass is 32.1. The van der Waals surface area contributed by atoms with Gasteiger partial charge in [-0.25, -0.2) is 4.39 Å². The van der Waals surface area contributed by atoms with Gasteiger partial charge in [0.25, 0.3) is 11.8 Å². The van der Waals surface area contributed by atoms with Crippen molar-refractivity contribution in [2.75, 3.05) is 12.4 Å². The third-order valence-corrected chi connectivity index (χ3v) is 5.88. The second-order valence-electron chi connectivity index (χ2n) is 6.72. The molecular formula is C23H19FN2O4S. The van der Waals surface area contributed by atoms with Gasteiger partial charge in [-0.2, -0.15) is 0 Å². The lowest BCUT2D eigenvalue weighted by Crippen LogP contribution is -2.24. The van der Waals surface area contributed by atoms with Crippen molar-refractivity contribution in [2.45, 2.75) is 13.2 Å². The average molecular weight is 438 g/mol. The van der Waals surface area contributed by atoms with Crippen molar-refractivity contribution in [3.05, 3.63) is 88.4 Å². The molecule has 4 aromatic rings. The Labute approximate surface area is 181 Å². The van der Waals surface area contributed by atoms with Gasteiger partial charge in [-0.15, -0.1) is 11.3 Å². The van der Waals surface area contributed by atoms with E-state index in [0.717, 1.165) is 0 Å². The Morgan fingerprint density at radius 3 is 2.68 bits per heavy atom. The van der Waals surface area contributed by atoms with E-state index in [-0.39, 0.29) is 19.1 Å². The van der Waals surface area contributed by atoms with Crippen LogP contribution in [0.4, 0.5) is 10.1 Å². The van der Waals surface area contributed by atoms with Crippen molar-refractivity contribution in [2.24, 2.45) is 0 Å². The van der Waals surface area contributed by atoms with Gasteiger partial charge in [-0.3, -0.25) is 9.59 Å². The number of para-hydroxylation sites is 1. The van der Waals surface area contributed by atoms with Crippen molar-refractivity contribution < 1.29 is 23.1 Å². The Balaban J connectivity index is 1.60. The number of anilines is 1. The van der Waals surface area contributed by atoms with Crippen LogP contribution in [0.25, 0.3) is 10.1 Å². The number of carbonyl (C=O) groups excluding carboxylic acids is 2. The van der Waals surface area contributed by atoms with E-state index in [4.69, 9.17) is 9.15 Å². The van der Waals surface area contributed by atoms with Crippen LogP contribution in [-0.2, 0) is 17.9 Å². The Hall–Kier alpha value is -3.49.